The van der Waals surface area contributed by atoms with Crippen LogP contribution in [0.4, 0.5) is 0 Å². The first-order chi connectivity index (χ1) is 5.08. The van der Waals surface area contributed by atoms with Crippen LogP contribution in [0.2, 0.25) is 0 Å². The largest absolute Gasteiger partial charge is 0.394 e. The zero-order chi connectivity index (χ0) is 8.48. The summed E-state index contributed by atoms with van der Waals surface area (Å²) in [4.78, 5) is 2.04. The summed E-state index contributed by atoms with van der Waals surface area (Å²) in [5.74, 6) is 0.551. The number of likely N-dealkylation sites (N-methyl/N-ethyl adjacent to an activating group) is 1. The summed E-state index contributed by atoms with van der Waals surface area (Å²) in [5.41, 5.74) is 5.67. The van der Waals surface area contributed by atoms with Crippen LogP contribution in [-0.4, -0.2) is 42.8 Å². The highest BCUT2D eigenvalue weighted by Crippen LogP contribution is 2.38. The van der Waals surface area contributed by atoms with Gasteiger partial charge in [-0.25, -0.2) is 0 Å². The molecule has 1 unspecified atom stereocenters. The molecule has 1 saturated carbocycles. The average Bonchev–Trinajstić information content (AvgIpc) is 2.66. The molecule has 0 spiro atoms. The van der Waals surface area contributed by atoms with Gasteiger partial charge in [0.1, 0.15) is 0 Å². The zero-order valence-corrected chi connectivity index (χ0v) is 7.38. The van der Waals surface area contributed by atoms with Gasteiger partial charge in [0.15, 0.2) is 0 Å². The number of rotatable bonds is 4. The Bertz CT molecular complexity index is 134. The summed E-state index contributed by atoms with van der Waals surface area (Å²) in [6.45, 7) is 0.893. The Morgan fingerprint density at radius 3 is 2.36 bits per heavy atom. The molecule has 3 N–H and O–H groups in total. The maximum Gasteiger partial charge on any atom is 0.0626 e. The summed E-state index contributed by atoms with van der Waals surface area (Å²) in [6, 6.07) is 0. The first-order valence-electron chi connectivity index (χ1n) is 4.13. The minimum Gasteiger partial charge on any atom is -0.394 e. The van der Waals surface area contributed by atoms with Crippen LogP contribution in [0.1, 0.15) is 12.8 Å². The first kappa shape index (κ1) is 8.97. The van der Waals surface area contributed by atoms with Gasteiger partial charge in [0, 0.05) is 6.54 Å². The molecule has 3 nitrogen and oxygen atoms in total. The lowest BCUT2D eigenvalue weighted by atomic mass is 9.95. The Labute approximate surface area is 68.2 Å². The van der Waals surface area contributed by atoms with Gasteiger partial charge < -0.3 is 15.7 Å². The monoisotopic (exact) mass is 158 g/mol. The molecule has 1 rings (SSSR count). The highest BCUT2D eigenvalue weighted by atomic mass is 16.3. The molecule has 1 fully saturated rings. The molecule has 1 aliphatic rings. The van der Waals surface area contributed by atoms with E-state index in [2.05, 4.69) is 0 Å². The number of aliphatic hydroxyl groups is 1. The Morgan fingerprint density at radius 2 is 2.09 bits per heavy atom. The van der Waals surface area contributed by atoms with E-state index in [1.54, 1.807) is 0 Å². The van der Waals surface area contributed by atoms with Gasteiger partial charge in [-0.05, 0) is 32.9 Å². The lowest BCUT2D eigenvalue weighted by Crippen LogP contribution is -2.53. The molecule has 0 bridgehead atoms. The summed E-state index contributed by atoms with van der Waals surface area (Å²) in [5, 5.41) is 9.09. The second-order valence-corrected chi connectivity index (χ2v) is 3.90. The second kappa shape index (κ2) is 3.09. The van der Waals surface area contributed by atoms with Crippen LogP contribution in [0.25, 0.3) is 0 Å². The third-order valence-electron chi connectivity index (χ3n) is 2.30. The van der Waals surface area contributed by atoms with Crippen molar-refractivity contribution in [1.29, 1.82) is 0 Å². The fraction of sp³-hybridized carbons (Fsp3) is 1.00. The first-order valence-corrected chi connectivity index (χ1v) is 4.13. The van der Waals surface area contributed by atoms with Crippen molar-refractivity contribution >= 4 is 0 Å². The van der Waals surface area contributed by atoms with Gasteiger partial charge in [0.05, 0.1) is 12.1 Å². The number of aliphatic hydroxyl groups excluding tert-OH is 1. The van der Waals surface area contributed by atoms with Crippen molar-refractivity contribution < 1.29 is 5.11 Å². The SMILES string of the molecule is CN(C)CC(N)(CO)C1CC1. The lowest BCUT2D eigenvalue weighted by molar-refractivity contribution is 0.143. The molecular weight excluding hydrogens is 140 g/mol. The highest BCUT2D eigenvalue weighted by Gasteiger charge is 2.41. The van der Waals surface area contributed by atoms with Crippen LogP contribution in [0.3, 0.4) is 0 Å². The lowest BCUT2D eigenvalue weighted by Gasteiger charge is -2.30. The van der Waals surface area contributed by atoms with Gasteiger partial charge in [-0.15, -0.1) is 0 Å². The second-order valence-electron chi connectivity index (χ2n) is 3.90. The van der Waals surface area contributed by atoms with E-state index in [-0.39, 0.29) is 12.1 Å². The van der Waals surface area contributed by atoms with Crippen molar-refractivity contribution in [3.8, 4) is 0 Å². The Morgan fingerprint density at radius 1 is 1.55 bits per heavy atom. The predicted molar refractivity (Wildman–Crippen MR) is 45.3 cm³/mol. The molecule has 66 valence electrons. The Balaban J connectivity index is 2.44. The fourth-order valence-corrected chi connectivity index (χ4v) is 1.56. The van der Waals surface area contributed by atoms with Crippen molar-refractivity contribution in [1.82, 2.24) is 4.90 Å². The molecule has 0 heterocycles. The van der Waals surface area contributed by atoms with Crippen LogP contribution in [0, 0.1) is 5.92 Å². The van der Waals surface area contributed by atoms with Gasteiger partial charge >= 0.3 is 0 Å². The van der Waals surface area contributed by atoms with E-state index in [9.17, 15) is 0 Å². The third-order valence-corrected chi connectivity index (χ3v) is 2.30. The van der Waals surface area contributed by atoms with Gasteiger partial charge in [-0.2, -0.15) is 0 Å². The Hall–Kier alpha value is -0.120. The van der Waals surface area contributed by atoms with Crippen LogP contribution in [-0.2, 0) is 0 Å². The van der Waals surface area contributed by atoms with Crippen molar-refractivity contribution in [2.24, 2.45) is 11.7 Å². The molecule has 0 aromatic rings. The number of hydrogen-bond acceptors (Lipinski definition) is 3. The molecule has 0 aromatic carbocycles. The van der Waals surface area contributed by atoms with E-state index in [0.717, 1.165) is 6.54 Å². The van der Waals surface area contributed by atoms with Crippen molar-refractivity contribution in [3.05, 3.63) is 0 Å². The van der Waals surface area contributed by atoms with Crippen molar-refractivity contribution in [2.45, 2.75) is 18.4 Å². The smallest absolute Gasteiger partial charge is 0.0626 e. The Kier molecular flexibility index (Phi) is 2.52. The minimum absolute atomic E-state index is 0.107. The van der Waals surface area contributed by atoms with E-state index < -0.39 is 0 Å². The molecule has 0 saturated heterocycles. The molecule has 0 aliphatic heterocycles. The van der Waals surface area contributed by atoms with E-state index >= 15 is 0 Å². The van der Waals surface area contributed by atoms with Gasteiger partial charge in [-0.1, -0.05) is 0 Å². The highest BCUT2D eigenvalue weighted by molar-refractivity contribution is 4.99. The van der Waals surface area contributed by atoms with E-state index in [4.69, 9.17) is 10.8 Å². The third kappa shape index (κ3) is 2.15. The van der Waals surface area contributed by atoms with Gasteiger partial charge in [0.2, 0.25) is 0 Å². The van der Waals surface area contributed by atoms with E-state index in [0.29, 0.717) is 5.92 Å². The molecular formula is C8H18N2O. The number of nitrogens with two attached hydrogens (primary N) is 1. The van der Waals surface area contributed by atoms with Gasteiger partial charge in [-0.3, -0.25) is 0 Å². The molecule has 0 aromatic heterocycles. The molecule has 1 aliphatic carbocycles. The summed E-state index contributed by atoms with van der Waals surface area (Å²) >= 11 is 0. The summed E-state index contributed by atoms with van der Waals surface area (Å²) < 4.78 is 0. The van der Waals surface area contributed by atoms with Crippen LogP contribution < -0.4 is 5.73 Å². The normalized spacial score (nSPS) is 23.7. The maximum atomic E-state index is 9.09. The minimum atomic E-state index is -0.344. The van der Waals surface area contributed by atoms with Crippen LogP contribution in [0.5, 0.6) is 0 Å². The fourth-order valence-electron chi connectivity index (χ4n) is 1.56. The standard InChI is InChI=1S/C8H18N2O/c1-10(2)5-8(9,6-11)7-3-4-7/h7,11H,3-6,9H2,1-2H3. The van der Waals surface area contributed by atoms with Crippen molar-refractivity contribution in [2.75, 3.05) is 27.2 Å². The molecule has 0 amide bonds. The molecule has 11 heavy (non-hydrogen) atoms. The summed E-state index contributed by atoms with van der Waals surface area (Å²) in [7, 11) is 3.97. The maximum absolute atomic E-state index is 9.09. The topological polar surface area (TPSA) is 49.5 Å². The zero-order valence-electron chi connectivity index (χ0n) is 7.38. The quantitative estimate of drug-likeness (QED) is 0.588. The molecule has 3 heteroatoms. The van der Waals surface area contributed by atoms with Gasteiger partial charge in [0.25, 0.3) is 0 Å². The number of hydrogen-bond donors (Lipinski definition) is 2. The molecule has 1 atom stereocenters. The van der Waals surface area contributed by atoms with Crippen LogP contribution in [0.15, 0.2) is 0 Å². The predicted octanol–water partition coefficient (Wildman–Crippen LogP) is -0.352. The molecule has 0 radical (unpaired) electrons. The number of nitrogens with zero attached hydrogens (tertiary/aromatic N) is 1. The van der Waals surface area contributed by atoms with E-state index in [1.807, 2.05) is 19.0 Å². The van der Waals surface area contributed by atoms with Crippen LogP contribution >= 0.6 is 0 Å². The van der Waals surface area contributed by atoms with E-state index in [1.165, 1.54) is 12.8 Å². The average molecular weight is 158 g/mol. The summed E-state index contributed by atoms with van der Waals surface area (Å²) in [6.07, 6.45) is 2.37. The van der Waals surface area contributed by atoms with Crippen molar-refractivity contribution in [3.63, 3.8) is 0 Å².